The van der Waals surface area contributed by atoms with Crippen molar-refractivity contribution in [1.82, 2.24) is 5.32 Å². The first-order valence-corrected chi connectivity index (χ1v) is 7.51. The Morgan fingerprint density at radius 1 is 1.10 bits per heavy atom. The quantitative estimate of drug-likeness (QED) is 0.834. The number of ether oxygens (including phenoxy) is 1. The number of nitrogens with one attached hydrogen (secondary N) is 1. The van der Waals surface area contributed by atoms with E-state index in [1.54, 1.807) is 7.11 Å². The molecule has 0 aliphatic carbocycles. The zero-order valence-corrected chi connectivity index (χ0v) is 14.3. The Labute approximate surface area is 124 Å². The number of aryl methyl sites for hydroxylation is 1. The van der Waals surface area contributed by atoms with E-state index in [0.717, 1.165) is 25.1 Å². The molecule has 0 aliphatic rings. The van der Waals surface area contributed by atoms with Crippen LogP contribution in [-0.2, 0) is 6.42 Å². The van der Waals surface area contributed by atoms with Gasteiger partial charge in [-0.3, -0.25) is 0 Å². The summed E-state index contributed by atoms with van der Waals surface area (Å²) in [7, 11) is 1.75. The van der Waals surface area contributed by atoms with Crippen molar-refractivity contribution in [1.29, 1.82) is 0 Å². The highest BCUT2D eigenvalue weighted by molar-refractivity contribution is 5.37. The average Bonchev–Trinajstić information content (AvgIpc) is 2.26. The van der Waals surface area contributed by atoms with Crippen LogP contribution in [0.25, 0.3) is 0 Å². The minimum atomic E-state index is 0.192. The highest BCUT2D eigenvalue weighted by Crippen LogP contribution is 2.31. The van der Waals surface area contributed by atoms with Crippen molar-refractivity contribution in [2.24, 2.45) is 5.41 Å². The van der Waals surface area contributed by atoms with Gasteiger partial charge in [-0.05, 0) is 64.1 Å². The normalized spacial score (nSPS) is 12.6. The number of hydrogen-bond acceptors (Lipinski definition) is 2. The van der Waals surface area contributed by atoms with Crippen molar-refractivity contribution in [3.63, 3.8) is 0 Å². The summed E-state index contributed by atoms with van der Waals surface area (Å²) in [5.41, 5.74) is 3.06. The Kier molecular flexibility index (Phi) is 5.64. The molecule has 0 saturated heterocycles. The van der Waals surface area contributed by atoms with Gasteiger partial charge in [0.2, 0.25) is 0 Å². The Hall–Kier alpha value is -1.02. The minimum Gasteiger partial charge on any atom is -0.496 e. The first kappa shape index (κ1) is 17.0. The van der Waals surface area contributed by atoms with Crippen molar-refractivity contribution in [2.45, 2.75) is 59.9 Å². The molecule has 0 amide bonds. The van der Waals surface area contributed by atoms with Crippen LogP contribution in [0.15, 0.2) is 18.2 Å². The Bertz CT molecular complexity index is 430. The third kappa shape index (κ3) is 5.96. The van der Waals surface area contributed by atoms with Crippen LogP contribution < -0.4 is 10.1 Å². The number of methoxy groups -OCH3 is 1. The SMILES string of the molecule is COc1ccc(C)cc1CC(C)(C)CCNC(C)(C)C. The molecular formula is C18H31NO. The zero-order chi connectivity index (χ0) is 15.4. The molecule has 0 aliphatic heterocycles. The van der Waals surface area contributed by atoms with Gasteiger partial charge in [-0.1, -0.05) is 31.5 Å². The second kappa shape index (κ2) is 6.62. The van der Waals surface area contributed by atoms with Crippen LogP contribution in [0.2, 0.25) is 0 Å². The maximum absolute atomic E-state index is 5.49. The Balaban J connectivity index is 2.68. The molecule has 20 heavy (non-hydrogen) atoms. The monoisotopic (exact) mass is 277 g/mol. The van der Waals surface area contributed by atoms with Crippen molar-refractivity contribution >= 4 is 0 Å². The van der Waals surface area contributed by atoms with Gasteiger partial charge in [0.1, 0.15) is 5.75 Å². The molecule has 0 radical (unpaired) electrons. The lowest BCUT2D eigenvalue weighted by Crippen LogP contribution is -2.38. The molecule has 2 heteroatoms. The van der Waals surface area contributed by atoms with Gasteiger partial charge in [0, 0.05) is 5.54 Å². The second-order valence-corrected chi connectivity index (χ2v) is 7.58. The van der Waals surface area contributed by atoms with E-state index in [1.807, 2.05) is 0 Å². The standard InChI is InChI=1S/C18H31NO/c1-14-8-9-16(20-7)15(12-14)13-18(5,6)10-11-19-17(2,3)4/h8-9,12,19H,10-11,13H2,1-7H3. The van der Waals surface area contributed by atoms with E-state index in [0.29, 0.717) is 0 Å². The van der Waals surface area contributed by atoms with Gasteiger partial charge in [0.25, 0.3) is 0 Å². The molecule has 0 heterocycles. The molecule has 0 fully saturated rings. The lowest BCUT2D eigenvalue weighted by Gasteiger charge is -2.28. The van der Waals surface area contributed by atoms with E-state index in [-0.39, 0.29) is 11.0 Å². The third-order valence-electron chi connectivity index (χ3n) is 3.56. The van der Waals surface area contributed by atoms with Gasteiger partial charge in [0.15, 0.2) is 0 Å². The Morgan fingerprint density at radius 3 is 2.30 bits per heavy atom. The predicted molar refractivity (Wildman–Crippen MR) is 87.6 cm³/mol. The Morgan fingerprint density at radius 2 is 1.75 bits per heavy atom. The summed E-state index contributed by atoms with van der Waals surface area (Å²) in [6, 6.07) is 6.43. The van der Waals surface area contributed by atoms with E-state index in [4.69, 9.17) is 4.74 Å². The summed E-state index contributed by atoms with van der Waals surface area (Å²) in [6.07, 6.45) is 2.20. The maximum atomic E-state index is 5.49. The molecule has 2 nitrogen and oxygen atoms in total. The number of rotatable bonds is 6. The summed E-state index contributed by atoms with van der Waals surface area (Å²) < 4.78 is 5.49. The summed E-state index contributed by atoms with van der Waals surface area (Å²) in [6.45, 7) is 14.5. The minimum absolute atomic E-state index is 0.192. The molecule has 1 aromatic rings. The van der Waals surface area contributed by atoms with Crippen LogP contribution >= 0.6 is 0 Å². The van der Waals surface area contributed by atoms with Gasteiger partial charge >= 0.3 is 0 Å². The highest BCUT2D eigenvalue weighted by atomic mass is 16.5. The first-order valence-electron chi connectivity index (χ1n) is 7.51. The molecule has 114 valence electrons. The second-order valence-electron chi connectivity index (χ2n) is 7.58. The van der Waals surface area contributed by atoms with Crippen LogP contribution in [-0.4, -0.2) is 19.2 Å². The average molecular weight is 277 g/mol. The van der Waals surface area contributed by atoms with Crippen molar-refractivity contribution in [3.8, 4) is 5.75 Å². The van der Waals surface area contributed by atoms with E-state index < -0.39 is 0 Å². The van der Waals surface area contributed by atoms with Crippen LogP contribution in [0.5, 0.6) is 5.75 Å². The van der Waals surface area contributed by atoms with Crippen LogP contribution in [0.1, 0.15) is 52.2 Å². The lowest BCUT2D eigenvalue weighted by atomic mass is 9.82. The van der Waals surface area contributed by atoms with Gasteiger partial charge in [-0.15, -0.1) is 0 Å². The third-order valence-corrected chi connectivity index (χ3v) is 3.56. The fourth-order valence-corrected chi connectivity index (χ4v) is 2.43. The first-order chi connectivity index (χ1) is 9.13. The predicted octanol–water partition coefficient (Wildman–Crippen LogP) is 4.35. The largest absolute Gasteiger partial charge is 0.496 e. The van der Waals surface area contributed by atoms with Crippen LogP contribution in [0, 0.1) is 12.3 Å². The van der Waals surface area contributed by atoms with Crippen molar-refractivity contribution < 1.29 is 4.74 Å². The van der Waals surface area contributed by atoms with Gasteiger partial charge in [-0.2, -0.15) is 0 Å². The number of hydrogen-bond donors (Lipinski definition) is 1. The molecule has 0 unspecified atom stereocenters. The molecular weight excluding hydrogens is 246 g/mol. The molecule has 1 aromatic carbocycles. The van der Waals surface area contributed by atoms with E-state index >= 15 is 0 Å². The molecule has 0 spiro atoms. The molecule has 0 aromatic heterocycles. The van der Waals surface area contributed by atoms with Gasteiger partial charge in [-0.25, -0.2) is 0 Å². The summed E-state index contributed by atoms with van der Waals surface area (Å²) >= 11 is 0. The van der Waals surface area contributed by atoms with Crippen LogP contribution in [0.4, 0.5) is 0 Å². The maximum Gasteiger partial charge on any atom is 0.122 e. The van der Waals surface area contributed by atoms with E-state index in [1.165, 1.54) is 11.1 Å². The summed E-state index contributed by atoms with van der Waals surface area (Å²) in [4.78, 5) is 0. The summed E-state index contributed by atoms with van der Waals surface area (Å²) in [5, 5.41) is 3.57. The van der Waals surface area contributed by atoms with E-state index in [9.17, 15) is 0 Å². The molecule has 0 atom stereocenters. The zero-order valence-electron chi connectivity index (χ0n) is 14.3. The van der Waals surface area contributed by atoms with Gasteiger partial charge in [0.05, 0.1) is 7.11 Å². The van der Waals surface area contributed by atoms with E-state index in [2.05, 4.69) is 65.1 Å². The lowest BCUT2D eigenvalue weighted by molar-refractivity contribution is 0.297. The van der Waals surface area contributed by atoms with Gasteiger partial charge < -0.3 is 10.1 Å². The van der Waals surface area contributed by atoms with Crippen molar-refractivity contribution in [3.05, 3.63) is 29.3 Å². The summed E-state index contributed by atoms with van der Waals surface area (Å²) in [5.74, 6) is 1.01. The molecule has 0 bridgehead atoms. The fourth-order valence-electron chi connectivity index (χ4n) is 2.43. The molecule has 0 saturated carbocycles. The smallest absolute Gasteiger partial charge is 0.122 e. The highest BCUT2D eigenvalue weighted by Gasteiger charge is 2.21. The van der Waals surface area contributed by atoms with Crippen LogP contribution in [0.3, 0.4) is 0 Å². The van der Waals surface area contributed by atoms with Crippen molar-refractivity contribution in [2.75, 3.05) is 13.7 Å². The molecule has 1 rings (SSSR count). The molecule has 1 N–H and O–H groups in total. The fraction of sp³-hybridized carbons (Fsp3) is 0.667. The topological polar surface area (TPSA) is 21.3 Å². The number of benzene rings is 1.